The van der Waals surface area contributed by atoms with Gasteiger partial charge >= 0.3 is 5.97 Å². The third-order valence-corrected chi connectivity index (χ3v) is 3.38. The predicted octanol–water partition coefficient (Wildman–Crippen LogP) is 0.733. The van der Waals surface area contributed by atoms with E-state index >= 15 is 0 Å². The topological polar surface area (TPSA) is 75.7 Å². The Labute approximate surface area is 123 Å². The highest BCUT2D eigenvalue weighted by Gasteiger charge is 2.34. The lowest BCUT2D eigenvalue weighted by Crippen LogP contribution is -2.42. The molecular formula is C15H18N2O4. The van der Waals surface area contributed by atoms with Crippen molar-refractivity contribution in [2.24, 2.45) is 0 Å². The third-order valence-electron chi connectivity index (χ3n) is 3.38. The minimum Gasteiger partial charge on any atom is -0.329 e. The van der Waals surface area contributed by atoms with Gasteiger partial charge < -0.3 is 10.2 Å². The van der Waals surface area contributed by atoms with Crippen LogP contribution in [0.3, 0.4) is 0 Å². The first kappa shape index (κ1) is 15.2. The second kappa shape index (κ2) is 6.49. The quantitative estimate of drug-likeness (QED) is 0.809. The maximum atomic E-state index is 12.1. The molecule has 0 aliphatic carbocycles. The molecule has 1 heterocycles. The SMILES string of the molecule is CNC(Cc1ccc(C)cc1)C(=O)ON1C(=O)CCC1=O. The fourth-order valence-electron chi connectivity index (χ4n) is 2.07. The Kier molecular flexibility index (Phi) is 4.70. The molecule has 1 aromatic rings. The van der Waals surface area contributed by atoms with Crippen molar-refractivity contribution in [2.75, 3.05) is 7.05 Å². The zero-order valence-electron chi connectivity index (χ0n) is 12.1. The molecular weight excluding hydrogens is 272 g/mol. The maximum Gasteiger partial charge on any atom is 0.350 e. The largest absolute Gasteiger partial charge is 0.350 e. The molecule has 6 nitrogen and oxygen atoms in total. The number of hydroxylamine groups is 2. The van der Waals surface area contributed by atoms with Crippen LogP contribution in [-0.2, 0) is 25.6 Å². The number of amides is 2. The molecule has 0 spiro atoms. The summed E-state index contributed by atoms with van der Waals surface area (Å²) in [5.74, 6) is -1.58. The van der Waals surface area contributed by atoms with Gasteiger partial charge in [0, 0.05) is 12.8 Å². The van der Waals surface area contributed by atoms with Gasteiger partial charge in [-0.15, -0.1) is 5.06 Å². The van der Waals surface area contributed by atoms with Crippen LogP contribution in [0.2, 0.25) is 0 Å². The van der Waals surface area contributed by atoms with Crippen LogP contribution in [0, 0.1) is 6.92 Å². The van der Waals surface area contributed by atoms with Gasteiger partial charge in [-0.05, 0) is 26.0 Å². The molecule has 1 aliphatic heterocycles. The maximum absolute atomic E-state index is 12.1. The zero-order chi connectivity index (χ0) is 15.4. The number of nitrogens with zero attached hydrogens (tertiary/aromatic N) is 1. The Balaban J connectivity index is 2.00. The molecule has 2 rings (SSSR count). The van der Waals surface area contributed by atoms with Crippen LogP contribution >= 0.6 is 0 Å². The number of rotatable bonds is 5. The van der Waals surface area contributed by atoms with Crippen LogP contribution < -0.4 is 5.32 Å². The molecule has 1 fully saturated rings. The number of imide groups is 1. The predicted molar refractivity (Wildman–Crippen MR) is 74.9 cm³/mol. The van der Waals surface area contributed by atoms with Crippen LogP contribution in [0.5, 0.6) is 0 Å². The molecule has 6 heteroatoms. The molecule has 0 saturated carbocycles. The molecule has 1 unspecified atom stereocenters. The lowest BCUT2D eigenvalue weighted by Gasteiger charge is -2.18. The van der Waals surface area contributed by atoms with E-state index in [-0.39, 0.29) is 12.8 Å². The van der Waals surface area contributed by atoms with Crippen LogP contribution in [0.25, 0.3) is 0 Å². The zero-order valence-corrected chi connectivity index (χ0v) is 12.1. The summed E-state index contributed by atoms with van der Waals surface area (Å²) in [6.45, 7) is 1.98. The van der Waals surface area contributed by atoms with E-state index in [0.29, 0.717) is 11.5 Å². The van der Waals surface area contributed by atoms with Crippen LogP contribution in [0.4, 0.5) is 0 Å². The van der Waals surface area contributed by atoms with Crippen molar-refractivity contribution in [3.63, 3.8) is 0 Å². The molecule has 112 valence electrons. The fourth-order valence-corrected chi connectivity index (χ4v) is 2.07. The molecule has 21 heavy (non-hydrogen) atoms. The molecule has 1 atom stereocenters. The van der Waals surface area contributed by atoms with Crippen LogP contribution in [0.1, 0.15) is 24.0 Å². The monoisotopic (exact) mass is 290 g/mol. The highest BCUT2D eigenvalue weighted by Crippen LogP contribution is 2.14. The number of hydrogen-bond acceptors (Lipinski definition) is 5. The van der Waals surface area contributed by atoms with Crippen molar-refractivity contribution < 1.29 is 19.2 Å². The average molecular weight is 290 g/mol. The van der Waals surface area contributed by atoms with Crippen LogP contribution in [0.15, 0.2) is 24.3 Å². The van der Waals surface area contributed by atoms with Crippen molar-refractivity contribution in [1.82, 2.24) is 10.4 Å². The van der Waals surface area contributed by atoms with Crippen LogP contribution in [-0.4, -0.2) is 35.9 Å². The summed E-state index contributed by atoms with van der Waals surface area (Å²) in [4.78, 5) is 39.8. The van der Waals surface area contributed by atoms with E-state index < -0.39 is 23.8 Å². The molecule has 1 N–H and O–H groups in total. The van der Waals surface area contributed by atoms with Gasteiger partial charge in [-0.25, -0.2) is 4.79 Å². The standard InChI is InChI=1S/C15H18N2O4/c1-10-3-5-11(6-4-10)9-12(16-2)15(20)21-17-13(18)7-8-14(17)19/h3-6,12,16H,7-9H2,1-2H3. The molecule has 0 aromatic heterocycles. The summed E-state index contributed by atoms with van der Waals surface area (Å²) in [5.41, 5.74) is 2.10. The number of aryl methyl sites for hydroxylation is 1. The van der Waals surface area contributed by atoms with Gasteiger partial charge in [-0.2, -0.15) is 0 Å². The number of nitrogens with one attached hydrogen (secondary N) is 1. The fraction of sp³-hybridized carbons (Fsp3) is 0.400. The van der Waals surface area contributed by atoms with E-state index in [0.717, 1.165) is 11.1 Å². The van der Waals surface area contributed by atoms with Gasteiger partial charge in [0.15, 0.2) is 0 Å². The van der Waals surface area contributed by atoms with E-state index in [1.165, 1.54) is 0 Å². The molecule has 1 aromatic carbocycles. The van der Waals surface area contributed by atoms with E-state index in [9.17, 15) is 14.4 Å². The summed E-state index contributed by atoms with van der Waals surface area (Å²) >= 11 is 0. The lowest BCUT2D eigenvalue weighted by atomic mass is 10.0. The van der Waals surface area contributed by atoms with Gasteiger partial charge in [-0.3, -0.25) is 9.59 Å². The summed E-state index contributed by atoms with van der Waals surface area (Å²) in [6.07, 6.45) is 0.606. The number of likely N-dealkylation sites (N-methyl/N-ethyl adjacent to an activating group) is 1. The number of carbonyl (C=O) groups is 3. The van der Waals surface area contributed by atoms with E-state index in [2.05, 4.69) is 5.32 Å². The van der Waals surface area contributed by atoms with Gasteiger partial charge in [0.25, 0.3) is 11.8 Å². The highest BCUT2D eigenvalue weighted by atomic mass is 16.7. The molecule has 1 aliphatic rings. The number of hydrogen-bond donors (Lipinski definition) is 1. The van der Waals surface area contributed by atoms with Crippen molar-refractivity contribution in [1.29, 1.82) is 0 Å². The Morgan fingerprint density at radius 3 is 2.33 bits per heavy atom. The van der Waals surface area contributed by atoms with Crippen molar-refractivity contribution in [3.8, 4) is 0 Å². The molecule has 0 radical (unpaired) electrons. The van der Waals surface area contributed by atoms with E-state index in [1.54, 1.807) is 7.05 Å². The normalized spacial score (nSPS) is 16.2. The average Bonchev–Trinajstić information content (AvgIpc) is 2.78. The first-order chi connectivity index (χ1) is 10.0. The smallest absolute Gasteiger partial charge is 0.329 e. The summed E-state index contributed by atoms with van der Waals surface area (Å²) in [6, 6.07) is 7.16. The van der Waals surface area contributed by atoms with Gasteiger partial charge in [0.1, 0.15) is 6.04 Å². The van der Waals surface area contributed by atoms with Crippen molar-refractivity contribution >= 4 is 17.8 Å². The first-order valence-electron chi connectivity index (χ1n) is 6.81. The molecule has 2 amide bonds. The third kappa shape index (κ3) is 3.66. The second-order valence-electron chi connectivity index (χ2n) is 5.02. The number of benzene rings is 1. The van der Waals surface area contributed by atoms with Crippen molar-refractivity contribution in [3.05, 3.63) is 35.4 Å². The van der Waals surface area contributed by atoms with E-state index in [1.807, 2.05) is 31.2 Å². The minimum absolute atomic E-state index is 0.0916. The number of carbonyl (C=O) groups excluding carboxylic acids is 3. The molecule has 0 bridgehead atoms. The lowest BCUT2D eigenvalue weighted by molar-refractivity contribution is -0.198. The van der Waals surface area contributed by atoms with Gasteiger partial charge in [-0.1, -0.05) is 29.8 Å². The Morgan fingerprint density at radius 2 is 1.81 bits per heavy atom. The highest BCUT2D eigenvalue weighted by molar-refractivity contribution is 6.01. The minimum atomic E-state index is -0.637. The van der Waals surface area contributed by atoms with Crippen molar-refractivity contribution in [2.45, 2.75) is 32.2 Å². The Morgan fingerprint density at radius 1 is 1.24 bits per heavy atom. The van der Waals surface area contributed by atoms with Gasteiger partial charge in [0.2, 0.25) is 0 Å². The molecule has 1 saturated heterocycles. The first-order valence-corrected chi connectivity index (χ1v) is 6.81. The Hall–Kier alpha value is -2.21. The summed E-state index contributed by atoms with van der Waals surface area (Å²) in [5, 5.41) is 3.42. The summed E-state index contributed by atoms with van der Waals surface area (Å²) < 4.78 is 0. The summed E-state index contributed by atoms with van der Waals surface area (Å²) in [7, 11) is 1.63. The Bertz CT molecular complexity index is 537. The van der Waals surface area contributed by atoms with Gasteiger partial charge in [0.05, 0.1) is 0 Å². The second-order valence-corrected chi connectivity index (χ2v) is 5.02. The van der Waals surface area contributed by atoms with E-state index in [4.69, 9.17) is 4.84 Å².